The maximum Gasteiger partial charge on any atom is 0.254 e. The summed E-state index contributed by atoms with van der Waals surface area (Å²) in [6, 6.07) is 9.61. The van der Waals surface area contributed by atoms with Crippen LogP contribution in [0.4, 0.5) is 20.2 Å². The molecule has 0 atom stereocenters. The van der Waals surface area contributed by atoms with Gasteiger partial charge in [0.25, 0.3) is 5.91 Å². The van der Waals surface area contributed by atoms with Crippen LogP contribution < -0.4 is 10.6 Å². The van der Waals surface area contributed by atoms with Crippen molar-refractivity contribution in [3.63, 3.8) is 0 Å². The van der Waals surface area contributed by atoms with Gasteiger partial charge in [-0.1, -0.05) is 0 Å². The lowest BCUT2D eigenvalue weighted by Gasteiger charge is -2.38. The molecule has 2 aromatic carbocycles. The van der Waals surface area contributed by atoms with Crippen LogP contribution in [0.5, 0.6) is 0 Å². The van der Waals surface area contributed by atoms with Gasteiger partial charge in [-0.3, -0.25) is 14.4 Å². The maximum atomic E-state index is 13.2. The van der Waals surface area contributed by atoms with E-state index in [9.17, 15) is 23.2 Å². The molecular formula is C19H17F2N3O3. The van der Waals surface area contributed by atoms with Crippen LogP contribution in [0.2, 0.25) is 0 Å². The van der Waals surface area contributed by atoms with Crippen LogP contribution in [0.15, 0.2) is 42.5 Å². The SMILES string of the molecule is CC(=O)Nc1ccc(NC(=O)C2CN(C(=O)c3ccc(F)c(F)c3)C2)cc1. The first-order chi connectivity index (χ1) is 12.8. The molecule has 3 amide bonds. The van der Waals surface area contributed by atoms with E-state index in [1.54, 1.807) is 24.3 Å². The average molecular weight is 373 g/mol. The predicted molar refractivity (Wildman–Crippen MR) is 95.1 cm³/mol. The van der Waals surface area contributed by atoms with E-state index in [0.29, 0.717) is 11.4 Å². The molecule has 8 heteroatoms. The molecular weight excluding hydrogens is 356 g/mol. The topological polar surface area (TPSA) is 78.5 Å². The largest absolute Gasteiger partial charge is 0.337 e. The van der Waals surface area contributed by atoms with Gasteiger partial charge in [-0.25, -0.2) is 8.78 Å². The van der Waals surface area contributed by atoms with E-state index in [0.717, 1.165) is 12.1 Å². The van der Waals surface area contributed by atoms with Crippen molar-refractivity contribution in [2.75, 3.05) is 23.7 Å². The van der Waals surface area contributed by atoms with E-state index in [1.165, 1.54) is 17.9 Å². The summed E-state index contributed by atoms with van der Waals surface area (Å²) in [5, 5.41) is 5.37. The lowest BCUT2D eigenvalue weighted by atomic mass is 9.97. The van der Waals surface area contributed by atoms with E-state index < -0.39 is 17.5 Å². The Morgan fingerprint density at radius 2 is 1.52 bits per heavy atom. The van der Waals surface area contributed by atoms with E-state index >= 15 is 0 Å². The quantitative estimate of drug-likeness (QED) is 0.865. The van der Waals surface area contributed by atoms with Gasteiger partial charge < -0.3 is 15.5 Å². The van der Waals surface area contributed by atoms with Crippen LogP contribution in [0.3, 0.4) is 0 Å². The zero-order chi connectivity index (χ0) is 19.6. The monoisotopic (exact) mass is 373 g/mol. The number of carbonyl (C=O) groups excluding carboxylic acids is 3. The maximum absolute atomic E-state index is 13.2. The average Bonchev–Trinajstić information content (AvgIpc) is 2.57. The lowest BCUT2D eigenvalue weighted by Crippen LogP contribution is -2.54. The van der Waals surface area contributed by atoms with Crippen LogP contribution in [-0.2, 0) is 9.59 Å². The molecule has 0 saturated carbocycles. The Balaban J connectivity index is 1.52. The van der Waals surface area contributed by atoms with Gasteiger partial charge in [0.2, 0.25) is 11.8 Å². The number of likely N-dealkylation sites (tertiary alicyclic amines) is 1. The summed E-state index contributed by atoms with van der Waals surface area (Å²) in [5.74, 6) is -3.36. The Kier molecular flexibility index (Phi) is 5.16. The van der Waals surface area contributed by atoms with Crippen molar-refractivity contribution in [3.05, 3.63) is 59.7 Å². The van der Waals surface area contributed by atoms with Crippen molar-refractivity contribution in [2.24, 2.45) is 5.92 Å². The molecule has 1 aliphatic heterocycles. The molecule has 2 aromatic rings. The van der Waals surface area contributed by atoms with Gasteiger partial charge in [0.15, 0.2) is 11.6 Å². The summed E-state index contributed by atoms with van der Waals surface area (Å²) in [6.07, 6.45) is 0. The number of benzene rings is 2. The van der Waals surface area contributed by atoms with Crippen LogP contribution in [0.1, 0.15) is 17.3 Å². The molecule has 0 radical (unpaired) electrons. The Labute approximate surface area is 154 Å². The van der Waals surface area contributed by atoms with Crippen LogP contribution in [-0.4, -0.2) is 35.7 Å². The van der Waals surface area contributed by atoms with Crippen molar-refractivity contribution < 1.29 is 23.2 Å². The van der Waals surface area contributed by atoms with E-state index in [4.69, 9.17) is 0 Å². The molecule has 0 bridgehead atoms. The minimum atomic E-state index is -1.08. The Hall–Kier alpha value is -3.29. The lowest BCUT2D eigenvalue weighted by molar-refractivity contribution is -0.123. The second-order valence-electron chi connectivity index (χ2n) is 6.28. The molecule has 140 valence electrons. The number of nitrogens with one attached hydrogen (secondary N) is 2. The zero-order valence-corrected chi connectivity index (χ0v) is 14.5. The Bertz CT molecular complexity index is 894. The number of hydrogen-bond acceptors (Lipinski definition) is 3. The second-order valence-corrected chi connectivity index (χ2v) is 6.28. The summed E-state index contributed by atoms with van der Waals surface area (Å²) >= 11 is 0. The molecule has 27 heavy (non-hydrogen) atoms. The molecule has 0 aliphatic carbocycles. The van der Waals surface area contributed by atoms with Crippen molar-refractivity contribution in [3.8, 4) is 0 Å². The highest BCUT2D eigenvalue weighted by atomic mass is 19.2. The third-order valence-electron chi connectivity index (χ3n) is 4.18. The molecule has 1 heterocycles. The molecule has 1 aliphatic rings. The smallest absolute Gasteiger partial charge is 0.254 e. The highest BCUT2D eigenvalue weighted by Crippen LogP contribution is 2.22. The number of anilines is 2. The summed E-state index contributed by atoms with van der Waals surface area (Å²) in [5.41, 5.74) is 1.23. The first-order valence-electron chi connectivity index (χ1n) is 8.26. The molecule has 2 N–H and O–H groups in total. The van der Waals surface area contributed by atoms with Gasteiger partial charge in [-0.2, -0.15) is 0 Å². The minimum Gasteiger partial charge on any atom is -0.337 e. The van der Waals surface area contributed by atoms with Crippen molar-refractivity contribution in [2.45, 2.75) is 6.92 Å². The van der Waals surface area contributed by atoms with Gasteiger partial charge >= 0.3 is 0 Å². The highest BCUT2D eigenvalue weighted by molar-refractivity contribution is 5.98. The summed E-state index contributed by atoms with van der Waals surface area (Å²) in [6.45, 7) is 1.81. The molecule has 1 fully saturated rings. The van der Waals surface area contributed by atoms with Gasteiger partial charge in [-0.15, -0.1) is 0 Å². The molecule has 1 saturated heterocycles. The standard InChI is InChI=1S/C19H17F2N3O3/c1-11(25)22-14-3-5-15(6-4-14)23-18(26)13-9-24(10-13)19(27)12-2-7-16(20)17(21)8-12/h2-8,13H,9-10H2,1H3,(H,22,25)(H,23,26). The first-order valence-corrected chi connectivity index (χ1v) is 8.26. The zero-order valence-electron chi connectivity index (χ0n) is 14.5. The number of carbonyl (C=O) groups is 3. The minimum absolute atomic E-state index is 0.0429. The fourth-order valence-electron chi connectivity index (χ4n) is 2.71. The van der Waals surface area contributed by atoms with Crippen LogP contribution >= 0.6 is 0 Å². The van der Waals surface area contributed by atoms with Gasteiger partial charge in [-0.05, 0) is 42.5 Å². The Morgan fingerprint density at radius 1 is 0.926 bits per heavy atom. The number of nitrogens with zero attached hydrogens (tertiary/aromatic N) is 1. The third-order valence-corrected chi connectivity index (χ3v) is 4.18. The Morgan fingerprint density at radius 3 is 2.07 bits per heavy atom. The van der Waals surface area contributed by atoms with E-state index in [-0.39, 0.29) is 36.4 Å². The normalized spacial score (nSPS) is 13.7. The van der Waals surface area contributed by atoms with Crippen molar-refractivity contribution in [1.29, 1.82) is 0 Å². The third kappa shape index (κ3) is 4.28. The molecule has 3 rings (SSSR count). The number of halogens is 2. The number of hydrogen-bond donors (Lipinski definition) is 2. The summed E-state index contributed by atoms with van der Waals surface area (Å²) in [7, 11) is 0. The van der Waals surface area contributed by atoms with Gasteiger partial charge in [0.1, 0.15) is 0 Å². The first kappa shape index (κ1) is 18.5. The second kappa shape index (κ2) is 7.53. The fraction of sp³-hybridized carbons (Fsp3) is 0.211. The number of amides is 3. The summed E-state index contributed by atoms with van der Waals surface area (Å²) < 4.78 is 26.2. The van der Waals surface area contributed by atoms with Gasteiger partial charge in [0.05, 0.1) is 5.92 Å². The van der Waals surface area contributed by atoms with Gasteiger partial charge in [0, 0.05) is 37.0 Å². The highest BCUT2D eigenvalue weighted by Gasteiger charge is 2.36. The van der Waals surface area contributed by atoms with E-state index in [1.807, 2.05) is 0 Å². The predicted octanol–water partition coefficient (Wildman–Crippen LogP) is 2.63. The summed E-state index contributed by atoms with van der Waals surface area (Å²) in [4.78, 5) is 36.8. The van der Waals surface area contributed by atoms with Crippen molar-refractivity contribution in [1.82, 2.24) is 4.90 Å². The molecule has 6 nitrogen and oxygen atoms in total. The van der Waals surface area contributed by atoms with Crippen LogP contribution in [0, 0.1) is 17.6 Å². The molecule has 0 aromatic heterocycles. The molecule has 0 unspecified atom stereocenters. The van der Waals surface area contributed by atoms with E-state index in [2.05, 4.69) is 10.6 Å². The fourth-order valence-corrected chi connectivity index (χ4v) is 2.71. The van der Waals surface area contributed by atoms with Crippen molar-refractivity contribution >= 4 is 29.1 Å². The number of rotatable bonds is 4. The molecule has 0 spiro atoms. The van der Waals surface area contributed by atoms with Crippen LogP contribution in [0.25, 0.3) is 0 Å².